The van der Waals surface area contributed by atoms with Gasteiger partial charge in [-0.15, -0.1) is 0 Å². The summed E-state index contributed by atoms with van der Waals surface area (Å²) in [6, 6.07) is 0. The first kappa shape index (κ1) is 27.0. The number of nitrogens with two attached hydrogens (primary N) is 1. The van der Waals surface area contributed by atoms with Gasteiger partial charge in [0, 0.05) is 7.11 Å². The number of halogens is 1. The van der Waals surface area contributed by atoms with Gasteiger partial charge >= 0.3 is 23.5 Å². The molecule has 192 valence electrons. The molecule has 0 bridgehead atoms. The van der Waals surface area contributed by atoms with Gasteiger partial charge in [-0.05, 0) is 0 Å². The smallest absolute Gasteiger partial charge is 0.384 e. The van der Waals surface area contributed by atoms with Crippen LogP contribution in [0.2, 0.25) is 0 Å². The van der Waals surface area contributed by atoms with Crippen molar-refractivity contribution in [3.05, 3.63) is 16.7 Å². The summed E-state index contributed by atoms with van der Waals surface area (Å²) in [6.07, 6.45) is -5.43. The molecule has 1 saturated heterocycles. The molecule has 1 fully saturated rings. The molecule has 0 saturated carbocycles. The number of rotatable bonds is 9. The highest BCUT2D eigenvalue weighted by molar-refractivity contribution is 7.66. The van der Waals surface area contributed by atoms with Crippen LogP contribution in [0.25, 0.3) is 11.2 Å². The molecule has 0 spiro atoms. The van der Waals surface area contributed by atoms with Crippen molar-refractivity contribution in [3.8, 4) is 0 Å². The van der Waals surface area contributed by atoms with Crippen LogP contribution >= 0.6 is 23.5 Å². The van der Waals surface area contributed by atoms with E-state index >= 15 is 0 Å². The zero-order valence-corrected chi connectivity index (χ0v) is 19.2. The van der Waals surface area contributed by atoms with Gasteiger partial charge in [0.15, 0.2) is 23.6 Å². The third-order valence-electron chi connectivity index (χ3n) is 4.26. The van der Waals surface area contributed by atoms with Crippen LogP contribution in [0.15, 0.2) is 11.1 Å². The SMILES string of the molecule is COC1(COP(=O)(O)OP(=O)(O)OP(=O)(O)O)OC(n2cnc3c(=O)[nH]c(N)nc32)C(F)C1O. The van der Waals surface area contributed by atoms with Crippen LogP contribution in [-0.4, -0.2) is 76.0 Å². The molecule has 3 heterocycles. The number of fused-ring (bicyclic) bond motifs is 1. The van der Waals surface area contributed by atoms with Crippen LogP contribution in [0.1, 0.15) is 6.23 Å². The van der Waals surface area contributed by atoms with Crippen molar-refractivity contribution in [2.45, 2.75) is 24.3 Å². The number of anilines is 1. The Morgan fingerprint density at radius 3 is 2.50 bits per heavy atom. The van der Waals surface area contributed by atoms with Gasteiger partial charge in [-0.3, -0.25) is 18.9 Å². The largest absolute Gasteiger partial charge is 0.490 e. The molecule has 2 aromatic heterocycles. The predicted molar refractivity (Wildman–Crippen MR) is 103 cm³/mol. The number of nitrogens with zero attached hydrogens (tertiary/aromatic N) is 3. The molecule has 19 nitrogen and oxygen atoms in total. The fourth-order valence-electron chi connectivity index (χ4n) is 2.90. The van der Waals surface area contributed by atoms with E-state index in [1.54, 1.807) is 0 Å². The number of hydrogen-bond donors (Lipinski definition) is 7. The highest BCUT2D eigenvalue weighted by Gasteiger charge is 2.58. The van der Waals surface area contributed by atoms with Gasteiger partial charge in [0.05, 0.1) is 6.33 Å². The molecule has 3 rings (SSSR count). The van der Waals surface area contributed by atoms with Crippen LogP contribution in [0.3, 0.4) is 0 Å². The number of aliphatic hydroxyl groups excluding tert-OH is 1. The van der Waals surface area contributed by atoms with Crippen molar-refractivity contribution in [1.29, 1.82) is 0 Å². The number of nitrogens with one attached hydrogen (secondary N) is 1. The molecule has 23 heteroatoms. The molecule has 6 atom stereocenters. The summed E-state index contributed by atoms with van der Waals surface area (Å²) in [5, 5.41) is 10.3. The number of nitrogen functional groups attached to an aromatic ring is 1. The van der Waals surface area contributed by atoms with E-state index in [4.69, 9.17) is 25.0 Å². The van der Waals surface area contributed by atoms with Crippen LogP contribution in [0, 0.1) is 0 Å². The molecule has 6 unspecified atom stereocenters. The third-order valence-corrected chi connectivity index (χ3v) is 8.04. The average molecular weight is 555 g/mol. The molecule has 0 amide bonds. The molecule has 1 aliphatic heterocycles. The van der Waals surface area contributed by atoms with Crippen molar-refractivity contribution in [2.24, 2.45) is 0 Å². The number of aromatic nitrogens is 4. The lowest BCUT2D eigenvalue weighted by molar-refractivity contribution is -0.266. The Labute approximate surface area is 186 Å². The highest BCUT2D eigenvalue weighted by atomic mass is 31.3. The zero-order chi connectivity index (χ0) is 25.7. The van der Waals surface area contributed by atoms with Gasteiger partial charge in [0.2, 0.25) is 11.7 Å². The second-order valence-electron chi connectivity index (χ2n) is 6.55. The number of phosphoric acid groups is 3. The van der Waals surface area contributed by atoms with Crippen LogP contribution in [0.4, 0.5) is 10.3 Å². The zero-order valence-electron chi connectivity index (χ0n) is 16.6. The normalized spacial score (nSPS) is 29.2. The fourth-order valence-corrected chi connectivity index (χ4v) is 5.94. The summed E-state index contributed by atoms with van der Waals surface area (Å²) in [5.74, 6) is -2.89. The Morgan fingerprint density at radius 2 is 1.91 bits per heavy atom. The first-order valence-corrected chi connectivity index (χ1v) is 13.1. The molecular weight excluding hydrogens is 538 g/mol. The van der Waals surface area contributed by atoms with Gasteiger partial charge in [0.25, 0.3) is 5.56 Å². The summed E-state index contributed by atoms with van der Waals surface area (Å²) in [4.78, 5) is 57.5. The summed E-state index contributed by atoms with van der Waals surface area (Å²) >= 11 is 0. The van der Waals surface area contributed by atoms with Crippen molar-refractivity contribution in [1.82, 2.24) is 19.5 Å². The number of H-pyrrole nitrogens is 1. The average Bonchev–Trinajstić information content (AvgIpc) is 3.18. The van der Waals surface area contributed by atoms with Crippen molar-refractivity contribution in [2.75, 3.05) is 19.5 Å². The minimum absolute atomic E-state index is 0.249. The monoisotopic (exact) mass is 555 g/mol. The number of aromatic amines is 1. The standard InChI is InChI=1S/C11H17FN5O14P3/c1-27-11(2-28-33(23,24)31-34(25,26)30-32(20,21)22)6(18)4(12)9(29-11)17-3-14-5-7(17)15-10(13)16-8(5)19/h3-4,6,9,18H,2H2,1H3,(H,23,24)(H,25,26)(H2,20,21,22)(H3,13,15,16,19). The van der Waals surface area contributed by atoms with Gasteiger partial charge in [0.1, 0.15) is 12.7 Å². The first-order valence-electron chi connectivity index (χ1n) is 8.55. The lowest BCUT2D eigenvalue weighted by Crippen LogP contribution is -2.47. The fraction of sp³-hybridized carbons (Fsp3) is 0.545. The molecule has 8 N–H and O–H groups in total. The maximum absolute atomic E-state index is 15.0. The van der Waals surface area contributed by atoms with E-state index < -0.39 is 59.9 Å². The van der Waals surface area contributed by atoms with E-state index in [1.165, 1.54) is 0 Å². The quantitative estimate of drug-likeness (QED) is 0.175. The lowest BCUT2D eigenvalue weighted by atomic mass is 10.1. The van der Waals surface area contributed by atoms with E-state index in [2.05, 4.69) is 28.1 Å². The predicted octanol–water partition coefficient (Wildman–Crippen LogP) is -1.38. The molecule has 34 heavy (non-hydrogen) atoms. The topological polar surface area (TPSA) is 288 Å². The number of aliphatic hydroxyl groups is 1. The second-order valence-corrected chi connectivity index (χ2v) is 11.0. The van der Waals surface area contributed by atoms with Crippen LogP contribution in [0.5, 0.6) is 0 Å². The van der Waals surface area contributed by atoms with E-state index in [9.17, 15) is 37.8 Å². The highest BCUT2D eigenvalue weighted by Crippen LogP contribution is 2.66. The number of phosphoric ester groups is 1. The minimum atomic E-state index is -5.83. The van der Waals surface area contributed by atoms with E-state index in [-0.39, 0.29) is 17.1 Å². The van der Waals surface area contributed by atoms with Gasteiger partial charge in [-0.25, -0.2) is 23.1 Å². The molecule has 2 aromatic rings. The number of ether oxygens (including phenoxy) is 2. The number of methoxy groups -OCH3 is 1. The number of alkyl halides is 1. The lowest BCUT2D eigenvalue weighted by Gasteiger charge is -2.30. The molecular formula is C11H17FN5O14P3. The minimum Gasteiger partial charge on any atom is -0.384 e. The maximum atomic E-state index is 15.0. The molecule has 0 radical (unpaired) electrons. The summed E-state index contributed by atoms with van der Waals surface area (Å²) in [6.45, 7) is -1.33. The summed E-state index contributed by atoms with van der Waals surface area (Å²) in [7, 11) is -16.2. The molecule has 0 aliphatic carbocycles. The second kappa shape index (κ2) is 9.11. The van der Waals surface area contributed by atoms with Gasteiger partial charge < -0.3 is 39.9 Å². The van der Waals surface area contributed by atoms with Gasteiger partial charge in [-0.1, -0.05) is 0 Å². The van der Waals surface area contributed by atoms with E-state index in [0.29, 0.717) is 0 Å². The Hall–Kier alpha value is -1.63. The van der Waals surface area contributed by atoms with Crippen molar-refractivity contribution < 1.29 is 65.4 Å². The van der Waals surface area contributed by atoms with Crippen LogP contribution in [-0.2, 0) is 36.3 Å². The molecule has 0 aromatic carbocycles. The number of hydrogen-bond acceptors (Lipinski definition) is 13. The van der Waals surface area contributed by atoms with E-state index in [1.807, 2.05) is 0 Å². The number of imidazole rings is 1. The van der Waals surface area contributed by atoms with Gasteiger partial charge in [-0.2, -0.15) is 13.6 Å². The van der Waals surface area contributed by atoms with Crippen LogP contribution < -0.4 is 11.3 Å². The van der Waals surface area contributed by atoms with E-state index in [0.717, 1.165) is 18.0 Å². The third kappa shape index (κ3) is 5.60. The Morgan fingerprint density at radius 1 is 1.26 bits per heavy atom. The Kier molecular flexibility index (Phi) is 7.22. The summed E-state index contributed by atoms with van der Waals surface area (Å²) in [5.41, 5.74) is 4.19. The maximum Gasteiger partial charge on any atom is 0.490 e. The van der Waals surface area contributed by atoms with Crippen molar-refractivity contribution in [3.63, 3.8) is 0 Å². The first-order chi connectivity index (χ1) is 15.5. The molecule has 1 aliphatic rings. The Balaban J connectivity index is 1.83. The Bertz CT molecular complexity index is 1280. The van der Waals surface area contributed by atoms with Crippen molar-refractivity contribution >= 4 is 40.6 Å². The summed E-state index contributed by atoms with van der Waals surface area (Å²) < 4.78 is 71.7.